The van der Waals surface area contributed by atoms with Gasteiger partial charge in [-0.1, -0.05) is 5.16 Å². The number of rotatable bonds is 5. The molecule has 1 heterocycles. The van der Waals surface area contributed by atoms with Gasteiger partial charge in [0.25, 0.3) is 5.91 Å². The van der Waals surface area contributed by atoms with Gasteiger partial charge in [-0.05, 0) is 38.1 Å². The maximum atomic E-state index is 12.1. The van der Waals surface area contributed by atoms with E-state index in [1.54, 1.807) is 6.92 Å². The highest BCUT2D eigenvalue weighted by atomic mass is 19.4. The minimum Gasteiger partial charge on any atom is -0.449 e. The van der Waals surface area contributed by atoms with Crippen LogP contribution in [0.3, 0.4) is 0 Å². The third kappa shape index (κ3) is 5.52. The van der Waals surface area contributed by atoms with Crippen molar-refractivity contribution in [3.8, 4) is 5.75 Å². The maximum Gasteiger partial charge on any atom is 0.573 e. The van der Waals surface area contributed by atoms with Crippen LogP contribution in [0.1, 0.15) is 23.0 Å². The van der Waals surface area contributed by atoms with Crippen molar-refractivity contribution in [2.24, 2.45) is 0 Å². The molecule has 1 aromatic carbocycles. The zero-order valence-electron chi connectivity index (χ0n) is 13.1. The zero-order chi connectivity index (χ0) is 18.6. The number of nitrogens with one attached hydrogen (secondary N) is 1. The van der Waals surface area contributed by atoms with E-state index in [-0.39, 0.29) is 11.4 Å². The Morgan fingerprint density at radius 2 is 1.88 bits per heavy atom. The van der Waals surface area contributed by atoms with E-state index in [4.69, 9.17) is 9.26 Å². The molecule has 7 nitrogen and oxygen atoms in total. The van der Waals surface area contributed by atoms with Gasteiger partial charge in [0.05, 0.1) is 5.56 Å². The van der Waals surface area contributed by atoms with Crippen LogP contribution < -0.4 is 10.1 Å². The van der Waals surface area contributed by atoms with E-state index in [9.17, 15) is 22.8 Å². The van der Waals surface area contributed by atoms with E-state index in [2.05, 4.69) is 15.2 Å². The Balaban J connectivity index is 1.93. The van der Waals surface area contributed by atoms with Crippen molar-refractivity contribution in [1.29, 1.82) is 0 Å². The summed E-state index contributed by atoms with van der Waals surface area (Å²) in [6.07, 6.45) is -5.98. The number of esters is 1. The molecule has 10 heteroatoms. The summed E-state index contributed by atoms with van der Waals surface area (Å²) >= 11 is 0. The molecule has 0 radical (unpaired) electrons. The Morgan fingerprint density at radius 1 is 1.24 bits per heavy atom. The zero-order valence-corrected chi connectivity index (χ0v) is 13.1. The normalized spacial score (nSPS) is 12.4. The van der Waals surface area contributed by atoms with Gasteiger partial charge in [-0.15, -0.1) is 13.2 Å². The highest BCUT2D eigenvalue weighted by molar-refractivity contribution is 5.96. The molecule has 1 aromatic heterocycles. The molecule has 0 bridgehead atoms. The van der Waals surface area contributed by atoms with Crippen LogP contribution in [0.25, 0.3) is 0 Å². The van der Waals surface area contributed by atoms with Gasteiger partial charge >= 0.3 is 12.3 Å². The van der Waals surface area contributed by atoms with Crippen LogP contribution in [-0.2, 0) is 9.53 Å². The molecular weight excluding hydrogens is 345 g/mol. The van der Waals surface area contributed by atoms with Crippen LogP contribution in [-0.4, -0.2) is 29.5 Å². The van der Waals surface area contributed by atoms with E-state index in [0.717, 1.165) is 24.3 Å². The first-order valence-corrected chi connectivity index (χ1v) is 6.95. The number of amides is 1. The van der Waals surface area contributed by atoms with E-state index in [0.29, 0.717) is 5.76 Å². The van der Waals surface area contributed by atoms with Gasteiger partial charge < -0.3 is 19.3 Å². The van der Waals surface area contributed by atoms with E-state index in [1.807, 2.05) is 0 Å². The highest BCUT2D eigenvalue weighted by Crippen LogP contribution is 2.23. The van der Waals surface area contributed by atoms with Crippen LogP contribution in [0.15, 0.2) is 34.9 Å². The molecule has 0 spiro atoms. The van der Waals surface area contributed by atoms with Crippen molar-refractivity contribution < 1.29 is 36.8 Å². The summed E-state index contributed by atoms with van der Waals surface area (Å²) in [5, 5.41) is 5.95. The third-order valence-corrected chi connectivity index (χ3v) is 2.86. The van der Waals surface area contributed by atoms with E-state index in [1.165, 1.54) is 13.0 Å². The minimum absolute atomic E-state index is 0.0357. The number of aromatic nitrogens is 1. The van der Waals surface area contributed by atoms with Crippen LogP contribution in [0.4, 0.5) is 19.0 Å². The molecule has 1 amide bonds. The Bertz CT molecular complexity index is 755. The summed E-state index contributed by atoms with van der Waals surface area (Å²) in [4.78, 5) is 23.8. The number of halogens is 3. The lowest BCUT2D eigenvalue weighted by Gasteiger charge is -2.13. The molecule has 1 N–H and O–H groups in total. The third-order valence-electron chi connectivity index (χ3n) is 2.86. The minimum atomic E-state index is -4.83. The number of nitrogens with zero attached hydrogens (tertiary/aromatic N) is 1. The van der Waals surface area contributed by atoms with Gasteiger partial charge in [0.15, 0.2) is 11.9 Å². The Hall–Kier alpha value is -3.04. The summed E-state index contributed by atoms with van der Waals surface area (Å²) in [6, 6.07) is 5.59. The lowest BCUT2D eigenvalue weighted by Crippen LogP contribution is -2.30. The Kier molecular flexibility index (Phi) is 5.30. The molecule has 0 saturated heterocycles. The number of hydrogen-bond acceptors (Lipinski definition) is 6. The second-order valence-electron chi connectivity index (χ2n) is 4.93. The standard InChI is InChI=1S/C15H13F3N2O5/c1-8-7-12(20-25-8)19-13(21)9(2)23-14(22)10-3-5-11(6-4-10)24-15(16,17)18/h3-7,9H,1-2H3,(H,19,20,21). The number of alkyl halides is 3. The topological polar surface area (TPSA) is 90.7 Å². The van der Waals surface area contributed by atoms with Crippen molar-refractivity contribution in [2.45, 2.75) is 26.3 Å². The highest BCUT2D eigenvalue weighted by Gasteiger charge is 2.31. The first-order chi connectivity index (χ1) is 11.6. The molecule has 1 atom stereocenters. The molecule has 0 aliphatic heterocycles. The maximum absolute atomic E-state index is 12.1. The summed E-state index contributed by atoms with van der Waals surface area (Å²) < 4.78 is 49.6. The molecule has 0 fully saturated rings. The largest absolute Gasteiger partial charge is 0.573 e. The molecular formula is C15H13F3N2O5. The van der Waals surface area contributed by atoms with E-state index < -0.39 is 30.1 Å². The Morgan fingerprint density at radius 3 is 2.40 bits per heavy atom. The Labute approximate surface area is 139 Å². The van der Waals surface area contributed by atoms with Crippen molar-refractivity contribution >= 4 is 17.7 Å². The van der Waals surface area contributed by atoms with Gasteiger partial charge in [0, 0.05) is 6.07 Å². The predicted octanol–water partition coefficient (Wildman–Crippen LogP) is 3.07. The predicted molar refractivity (Wildman–Crippen MR) is 77.9 cm³/mol. The number of ether oxygens (including phenoxy) is 2. The van der Waals surface area contributed by atoms with Gasteiger partial charge in [-0.3, -0.25) is 4.79 Å². The molecule has 134 valence electrons. The van der Waals surface area contributed by atoms with Gasteiger partial charge in [-0.2, -0.15) is 0 Å². The van der Waals surface area contributed by atoms with Crippen molar-refractivity contribution in [3.05, 3.63) is 41.7 Å². The van der Waals surface area contributed by atoms with Crippen LogP contribution in [0.2, 0.25) is 0 Å². The SMILES string of the molecule is Cc1cc(NC(=O)C(C)OC(=O)c2ccc(OC(F)(F)F)cc2)no1. The second-order valence-corrected chi connectivity index (χ2v) is 4.93. The van der Waals surface area contributed by atoms with Crippen molar-refractivity contribution in [3.63, 3.8) is 0 Å². The smallest absolute Gasteiger partial charge is 0.449 e. The molecule has 25 heavy (non-hydrogen) atoms. The number of anilines is 1. The number of benzene rings is 1. The van der Waals surface area contributed by atoms with Crippen LogP contribution in [0.5, 0.6) is 5.75 Å². The fourth-order valence-electron chi connectivity index (χ4n) is 1.73. The number of carbonyl (C=O) groups excluding carboxylic acids is 2. The summed E-state index contributed by atoms with van der Waals surface area (Å²) in [6.45, 7) is 2.97. The van der Waals surface area contributed by atoms with Crippen molar-refractivity contribution in [2.75, 3.05) is 5.32 Å². The molecule has 2 rings (SSSR count). The fourth-order valence-corrected chi connectivity index (χ4v) is 1.73. The summed E-state index contributed by atoms with van der Waals surface area (Å²) in [7, 11) is 0. The molecule has 2 aromatic rings. The first kappa shape index (κ1) is 18.3. The lowest BCUT2D eigenvalue weighted by atomic mass is 10.2. The number of hydrogen-bond donors (Lipinski definition) is 1. The van der Waals surface area contributed by atoms with Gasteiger partial charge in [-0.25, -0.2) is 4.79 Å². The summed E-state index contributed by atoms with van der Waals surface area (Å²) in [5.74, 6) is -1.34. The van der Waals surface area contributed by atoms with E-state index >= 15 is 0 Å². The second kappa shape index (κ2) is 7.24. The average molecular weight is 358 g/mol. The number of carbonyl (C=O) groups is 2. The van der Waals surface area contributed by atoms with Crippen LogP contribution in [0, 0.1) is 6.92 Å². The first-order valence-electron chi connectivity index (χ1n) is 6.95. The quantitative estimate of drug-likeness (QED) is 0.826. The molecule has 0 saturated carbocycles. The summed E-state index contributed by atoms with van der Waals surface area (Å²) in [5.41, 5.74) is -0.0357. The van der Waals surface area contributed by atoms with Crippen LogP contribution >= 0.6 is 0 Å². The average Bonchev–Trinajstić information content (AvgIpc) is 2.91. The van der Waals surface area contributed by atoms with Gasteiger partial charge in [0.1, 0.15) is 11.5 Å². The molecule has 0 aliphatic rings. The fraction of sp³-hybridized carbons (Fsp3) is 0.267. The van der Waals surface area contributed by atoms with Gasteiger partial charge in [0.2, 0.25) is 0 Å². The lowest BCUT2D eigenvalue weighted by molar-refractivity contribution is -0.274. The monoisotopic (exact) mass is 358 g/mol. The number of aryl methyl sites for hydroxylation is 1. The van der Waals surface area contributed by atoms with Crippen molar-refractivity contribution in [1.82, 2.24) is 5.16 Å². The molecule has 1 unspecified atom stereocenters. The molecule has 0 aliphatic carbocycles.